The van der Waals surface area contributed by atoms with Crippen LogP contribution in [-0.4, -0.2) is 4.98 Å². The first kappa shape index (κ1) is 11.9. The summed E-state index contributed by atoms with van der Waals surface area (Å²) in [5, 5.41) is 0.643. The summed E-state index contributed by atoms with van der Waals surface area (Å²) in [6.07, 6.45) is 8.73. The largest absolute Gasteiger partial charge is 0.244 e. The molecule has 0 aromatic carbocycles. The minimum absolute atomic E-state index is 0.543. The van der Waals surface area contributed by atoms with E-state index >= 15 is 0 Å². The lowest BCUT2D eigenvalue weighted by atomic mass is 9.81. The number of hydrogen-bond acceptors (Lipinski definition) is 1. The zero-order valence-electron chi connectivity index (χ0n) is 10.2. The number of hydrogen-bond donors (Lipinski definition) is 0. The zero-order valence-corrected chi connectivity index (χ0v) is 10.9. The Morgan fingerprint density at radius 2 is 1.94 bits per heavy atom. The zero-order chi connectivity index (χ0) is 11.5. The molecule has 0 saturated heterocycles. The van der Waals surface area contributed by atoms with Crippen LogP contribution >= 0.6 is 11.6 Å². The van der Waals surface area contributed by atoms with Gasteiger partial charge in [-0.05, 0) is 41.9 Å². The van der Waals surface area contributed by atoms with E-state index in [0.717, 1.165) is 0 Å². The van der Waals surface area contributed by atoms with Gasteiger partial charge in [0.05, 0.1) is 0 Å². The molecule has 0 spiro atoms. The fraction of sp³-hybridized carbons (Fsp3) is 0.643. The summed E-state index contributed by atoms with van der Waals surface area (Å²) in [6.45, 7) is 4.47. The first-order valence-electron chi connectivity index (χ1n) is 6.34. The molecule has 1 aliphatic carbocycles. The van der Waals surface area contributed by atoms with Crippen molar-refractivity contribution in [2.24, 2.45) is 0 Å². The molecule has 0 bridgehead atoms. The molecule has 16 heavy (non-hydrogen) atoms. The fourth-order valence-corrected chi connectivity index (χ4v) is 2.87. The highest BCUT2D eigenvalue weighted by molar-refractivity contribution is 6.29. The molecule has 0 N–H and O–H groups in total. The second kappa shape index (κ2) is 5.18. The Bertz CT molecular complexity index is 354. The molecule has 0 unspecified atom stereocenters. The second-order valence-electron chi connectivity index (χ2n) is 5.13. The predicted molar refractivity (Wildman–Crippen MR) is 69.2 cm³/mol. The van der Waals surface area contributed by atoms with E-state index in [0.29, 0.717) is 17.0 Å². The van der Waals surface area contributed by atoms with Crippen LogP contribution in [0.3, 0.4) is 0 Å². The maximum atomic E-state index is 6.03. The number of rotatable bonds is 2. The van der Waals surface area contributed by atoms with Crippen molar-refractivity contribution >= 4 is 11.6 Å². The van der Waals surface area contributed by atoms with Crippen molar-refractivity contribution < 1.29 is 0 Å². The third-order valence-corrected chi connectivity index (χ3v) is 3.81. The molecule has 2 rings (SSSR count). The van der Waals surface area contributed by atoms with Crippen LogP contribution in [0.4, 0.5) is 0 Å². The van der Waals surface area contributed by atoms with Crippen LogP contribution in [0.5, 0.6) is 0 Å². The van der Waals surface area contributed by atoms with E-state index in [2.05, 4.69) is 24.9 Å². The molecule has 0 amide bonds. The fourth-order valence-electron chi connectivity index (χ4n) is 2.70. The minimum atomic E-state index is 0.543. The number of pyridine rings is 1. The van der Waals surface area contributed by atoms with E-state index in [1.165, 1.54) is 43.2 Å². The third kappa shape index (κ3) is 2.57. The van der Waals surface area contributed by atoms with Crippen LogP contribution in [0.1, 0.15) is 68.9 Å². The predicted octanol–water partition coefficient (Wildman–Crippen LogP) is 4.91. The molecular weight excluding hydrogens is 218 g/mol. The molecule has 1 fully saturated rings. The second-order valence-corrected chi connectivity index (χ2v) is 5.51. The smallest absolute Gasteiger partial charge is 0.129 e. The van der Waals surface area contributed by atoms with Crippen molar-refractivity contribution in [1.82, 2.24) is 4.98 Å². The lowest BCUT2D eigenvalue weighted by Crippen LogP contribution is -2.08. The van der Waals surface area contributed by atoms with Gasteiger partial charge in [-0.1, -0.05) is 44.7 Å². The summed E-state index contributed by atoms with van der Waals surface area (Å²) in [4.78, 5) is 4.22. The van der Waals surface area contributed by atoms with Crippen LogP contribution in [0.2, 0.25) is 5.15 Å². The molecule has 2 heteroatoms. The quantitative estimate of drug-likeness (QED) is 0.667. The molecule has 1 aromatic heterocycles. The maximum Gasteiger partial charge on any atom is 0.129 e. The first-order chi connectivity index (χ1) is 7.68. The topological polar surface area (TPSA) is 12.9 Å². The van der Waals surface area contributed by atoms with Gasteiger partial charge in [0.1, 0.15) is 5.15 Å². The van der Waals surface area contributed by atoms with Gasteiger partial charge in [-0.15, -0.1) is 0 Å². The van der Waals surface area contributed by atoms with Crippen molar-refractivity contribution in [2.45, 2.75) is 57.8 Å². The lowest BCUT2D eigenvalue weighted by Gasteiger charge is -2.25. The summed E-state index contributed by atoms with van der Waals surface area (Å²) >= 11 is 6.03. The molecule has 0 radical (unpaired) electrons. The van der Waals surface area contributed by atoms with E-state index in [1.807, 2.05) is 6.20 Å². The highest BCUT2D eigenvalue weighted by Crippen LogP contribution is 2.37. The van der Waals surface area contributed by atoms with Crippen molar-refractivity contribution in [3.05, 3.63) is 28.5 Å². The van der Waals surface area contributed by atoms with E-state index < -0.39 is 0 Å². The Kier molecular flexibility index (Phi) is 3.86. The maximum absolute atomic E-state index is 6.03. The number of aromatic nitrogens is 1. The molecular formula is C14H20ClN. The van der Waals surface area contributed by atoms with Crippen LogP contribution in [-0.2, 0) is 0 Å². The summed E-state index contributed by atoms with van der Waals surface area (Å²) in [7, 11) is 0. The van der Waals surface area contributed by atoms with Crippen molar-refractivity contribution in [2.75, 3.05) is 0 Å². The van der Waals surface area contributed by atoms with Crippen LogP contribution < -0.4 is 0 Å². The van der Waals surface area contributed by atoms with Gasteiger partial charge < -0.3 is 0 Å². The Balaban J connectivity index is 2.32. The molecule has 88 valence electrons. The number of nitrogens with zero attached hydrogens (tertiary/aromatic N) is 1. The van der Waals surface area contributed by atoms with Gasteiger partial charge in [0.25, 0.3) is 0 Å². The van der Waals surface area contributed by atoms with Gasteiger partial charge in [-0.25, -0.2) is 4.98 Å². The Morgan fingerprint density at radius 1 is 1.25 bits per heavy atom. The Morgan fingerprint density at radius 3 is 2.56 bits per heavy atom. The molecule has 1 nitrogen and oxygen atoms in total. The van der Waals surface area contributed by atoms with Crippen molar-refractivity contribution in [3.63, 3.8) is 0 Å². The van der Waals surface area contributed by atoms with Crippen molar-refractivity contribution in [1.29, 1.82) is 0 Å². The average molecular weight is 238 g/mol. The summed E-state index contributed by atoms with van der Waals surface area (Å²) in [6, 6.07) is 2.09. The van der Waals surface area contributed by atoms with Gasteiger partial charge in [0.2, 0.25) is 0 Å². The van der Waals surface area contributed by atoms with E-state index in [4.69, 9.17) is 11.6 Å². The SMILES string of the molecule is CC(C)c1cnc(Cl)cc1C1CCCCC1. The standard InChI is InChI=1S/C14H20ClN/c1-10(2)13-9-16-14(15)8-12(13)11-6-4-3-5-7-11/h8-11H,3-7H2,1-2H3. The monoisotopic (exact) mass is 237 g/mol. The normalized spacial score (nSPS) is 18.0. The van der Waals surface area contributed by atoms with Gasteiger partial charge in [-0.2, -0.15) is 0 Å². The van der Waals surface area contributed by atoms with Crippen LogP contribution in [0, 0.1) is 0 Å². The van der Waals surface area contributed by atoms with Crippen molar-refractivity contribution in [3.8, 4) is 0 Å². The molecule has 1 saturated carbocycles. The van der Waals surface area contributed by atoms with Crippen LogP contribution in [0.15, 0.2) is 12.3 Å². The molecule has 1 aromatic rings. The Labute approximate surface area is 103 Å². The summed E-state index contributed by atoms with van der Waals surface area (Å²) in [5.41, 5.74) is 2.84. The average Bonchev–Trinajstić information content (AvgIpc) is 2.29. The minimum Gasteiger partial charge on any atom is -0.244 e. The van der Waals surface area contributed by atoms with Gasteiger partial charge in [-0.3, -0.25) is 0 Å². The van der Waals surface area contributed by atoms with E-state index in [9.17, 15) is 0 Å². The summed E-state index contributed by atoms with van der Waals surface area (Å²) in [5.74, 6) is 1.26. The molecule has 1 aliphatic rings. The van der Waals surface area contributed by atoms with E-state index in [1.54, 1.807) is 0 Å². The van der Waals surface area contributed by atoms with Gasteiger partial charge >= 0.3 is 0 Å². The molecule has 1 heterocycles. The van der Waals surface area contributed by atoms with Crippen LogP contribution in [0.25, 0.3) is 0 Å². The third-order valence-electron chi connectivity index (χ3n) is 3.60. The first-order valence-corrected chi connectivity index (χ1v) is 6.71. The highest BCUT2D eigenvalue weighted by atomic mass is 35.5. The molecule has 0 atom stereocenters. The number of halogens is 1. The lowest BCUT2D eigenvalue weighted by molar-refractivity contribution is 0.440. The van der Waals surface area contributed by atoms with Gasteiger partial charge in [0, 0.05) is 6.20 Å². The molecule has 0 aliphatic heterocycles. The highest BCUT2D eigenvalue weighted by Gasteiger charge is 2.20. The van der Waals surface area contributed by atoms with Gasteiger partial charge in [0.15, 0.2) is 0 Å². The summed E-state index contributed by atoms with van der Waals surface area (Å²) < 4.78 is 0. The Hall–Kier alpha value is -0.560. The van der Waals surface area contributed by atoms with E-state index in [-0.39, 0.29) is 0 Å².